The molecule has 17 heavy (non-hydrogen) atoms. The third kappa shape index (κ3) is 2.48. The standard InChI is InChI=1S/C13H18N2O2/c1-10-5-2-3-6-12(10)15-8-4-7-14-11(9-16)13(15)17/h2-3,5-6,11,14,16H,4,7-9H2,1H3. The lowest BCUT2D eigenvalue weighted by Crippen LogP contribution is -2.46. The van der Waals surface area contributed by atoms with Crippen LogP contribution in [0.5, 0.6) is 0 Å². The number of rotatable bonds is 2. The highest BCUT2D eigenvalue weighted by atomic mass is 16.3. The van der Waals surface area contributed by atoms with Gasteiger partial charge in [-0.15, -0.1) is 0 Å². The maximum atomic E-state index is 12.2. The number of carbonyl (C=O) groups excluding carboxylic acids is 1. The lowest BCUT2D eigenvalue weighted by atomic mass is 10.1. The SMILES string of the molecule is Cc1ccccc1N1CCCNC(CO)C1=O. The van der Waals surface area contributed by atoms with Crippen LogP contribution in [0.25, 0.3) is 0 Å². The fourth-order valence-electron chi connectivity index (χ4n) is 2.15. The Hall–Kier alpha value is -1.39. The second-order valence-electron chi connectivity index (χ2n) is 4.32. The minimum Gasteiger partial charge on any atom is -0.394 e. The monoisotopic (exact) mass is 234 g/mol. The van der Waals surface area contributed by atoms with Gasteiger partial charge in [-0.1, -0.05) is 18.2 Å². The van der Waals surface area contributed by atoms with Gasteiger partial charge in [-0.25, -0.2) is 0 Å². The van der Waals surface area contributed by atoms with E-state index in [9.17, 15) is 9.90 Å². The van der Waals surface area contributed by atoms with Crippen molar-refractivity contribution < 1.29 is 9.90 Å². The highest BCUT2D eigenvalue weighted by molar-refractivity contribution is 5.98. The summed E-state index contributed by atoms with van der Waals surface area (Å²) in [6.45, 7) is 3.31. The van der Waals surface area contributed by atoms with E-state index in [0.29, 0.717) is 6.54 Å². The van der Waals surface area contributed by atoms with Crippen molar-refractivity contribution in [1.82, 2.24) is 5.32 Å². The van der Waals surface area contributed by atoms with Gasteiger partial charge in [0.1, 0.15) is 6.04 Å². The van der Waals surface area contributed by atoms with Crippen molar-refractivity contribution in [3.63, 3.8) is 0 Å². The first-order valence-electron chi connectivity index (χ1n) is 5.95. The van der Waals surface area contributed by atoms with E-state index in [4.69, 9.17) is 0 Å². The Kier molecular flexibility index (Phi) is 3.76. The molecule has 1 fully saturated rings. The lowest BCUT2D eigenvalue weighted by Gasteiger charge is -2.25. The topological polar surface area (TPSA) is 52.6 Å². The number of benzene rings is 1. The molecule has 2 N–H and O–H groups in total. The number of hydrogen-bond donors (Lipinski definition) is 2. The zero-order valence-corrected chi connectivity index (χ0v) is 10.0. The third-order valence-corrected chi connectivity index (χ3v) is 3.10. The quantitative estimate of drug-likeness (QED) is 0.791. The summed E-state index contributed by atoms with van der Waals surface area (Å²) in [5.41, 5.74) is 2.03. The number of aryl methyl sites for hydroxylation is 1. The van der Waals surface area contributed by atoms with Gasteiger partial charge in [0.25, 0.3) is 0 Å². The molecule has 0 radical (unpaired) electrons. The molecular formula is C13H18N2O2. The molecule has 0 aromatic heterocycles. The van der Waals surface area contributed by atoms with E-state index >= 15 is 0 Å². The molecule has 0 spiro atoms. The van der Waals surface area contributed by atoms with Crippen LogP contribution >= 0.6 is 0 Å². The summed E-state index contributed by atoms with van der Waals surface area (Å²) < 4.78 is 0. The van der Waals surface area contributed by atoms with Crippen molar-refractivity contribution >= 4 is 11.6 Å². The van der Waals surface area contributed by atoms with Crippen LogP contribution in [0.3, 0.4) is 0 Å². The van der Waals surface area contributed by atoms with Crippen molar-refractivity contribution in [2.24, 2.45) is 0 Å². The van der Waals surface area contributed by atoms with Crippen LogP contribution in [0.2, 0.25) is 0 Å². The first kappa shape index (κ1) is 12.1. The Morgan fingerprint density at radius 1 is 1.47 bits per heavy atom. The van der Waals surface area contributed by atoms with E-state index in [1.165, 1.54) is 0 Å². The summed E-state index contributed by atoms with van der Waals surface area (Å²) in [6.07, 6.45) is 0.899. The average molecular weight is 234 g/mol. The number of amides is 1. The van der Waals surface area contributed by atoms with Gasteiger partial charge in [0.2, 0.25) is 5.91 Å². The Bertz CT molecular complexity index is 406. The first-order valence-corrected chi connectivity index (χ1v) is 5.95. The summed E-state index contributed by atoms with van der Waals surface area (Å²) in [4.78, 5) is 14.0. The van der Waals surface area contributed by atoms with Gasteiger partial charge in [0.05, 0.1) is 6.61 Å². The Labute approximate surface area is 101 Å². The highest BCUT2D eigenvalue weighted by Gasteiger charge is 2.27. The van der Waals surface area contributed by atoms with Crippen molar-refractivity contribution in [2.45, 2.75) is 19.4 Å². The molecule has 1 aromatic rings. The molecule has 0 aliphatic carbocycles. The zero-order valence-electron chi connectivity index (χ0n) is 10.0. The van der Waals surface area contributed by atoms with Crippen LogP contribution in [0.15, 0.2) is 24.3 Å². The fourth-order valence-corrected chi connectivity index (χ4v) is 2.15. The molecule has 1 atom stereocenters. The Morgan fingerprint density at radius 2 is 2.24 bits per heavy atom. The maximum absolute atomic E-state index is 12.2. The van der Waals surface area contributed by atoms with Crippen molar-refractivity contribution in [3.05, 3.63) is 29.8 Å². The molecule has 1 aromatic carbocycles. The predicted molar refractivity (Wildman–Crippen MR) is 67.0 cm³/mol. The van der Waals surface area contributed by atoms with Gasteiger partial charge in [-0.3, -0.25) is 4.79 Å². The number of aliphatic hydroxyl groups excluding tert-OH is 1. The molecule has 0 saturated carbocycles. The van der Waals surface area contributed by atoms with Gasteiger partial charge < -0.3 is 15.3 Å². The predicted octanol–water partition coefficient (Wildman–Crippen LogP) is 0.682. The normalized spacial score (nSPS) is 21.4. The molecule has 1 saturated heterocycles. The van der Waals surface area contributed by atoms with Crippen LogP contribution in [0.4, 0.5) is 5.69 Å². The summed E-state index contributed by atoms with van der Waals surface area (Å²) >= 11 is 0. The highest BCUT2D eigenvalue weighted by Crippen LogP contribution is 2.21. The van der Waals surface area contributed by atoms with Gasteiger partial charge >= 0.3 is 0 Å². The summed E-state index contributed by atoms with van der Waals surface area (Å²) in [5, 5.41) is 12.3. The number of aliphatic hydroxyl groups is 1. The van der Waals surface area contributed by atoms with Gasteiger partial charge in [0.15, 0.2) is 0 Å². The molecule has 0 bridgehead atoms. The number of para-hydroxylation sites is 1. The Balaban J connectivity index is 2.30. The van der Waals surface area contributed by atoms with E-state index in [-0.39, 0.29) is 12.5 Å². The summed E-state index contributed by atoms with van der Waals surface area (Å²) in [6, 6.07) is 7.37. The van der Waals surface area contributed by atoms with Crippen LogP contribution in [-0.2, 0) is 4.79 Å². The number of hydrogen-bond acceptors (Lipinski definition) is 3. The molecule has 1 amide bonds. The van der Waals surface area contributed by atoms with Crippen molar-refractivity contribution in [2.75, 3.05) is 24.6 Å². The van der Waals surface area contributed by atoms with Crippen LogP contribution in [0.1, 0.15) is 12.0 Å². The second-order valence-corrected chi connectivity index (χ2v) is 4.32. The number of carbonyl (C=O) groups is 1. The van der Waals surface area contributed by atoms with Gasteiger partial charge in [-0.2, -0.15) is 0 Å². The minimum absolute atomic E-state index is 0.0423. The molecule has 2 rings (SSSR count). The molecule has 1 aliphatic heterocycles. The van der Waals surface area contributed by atoms with Crippen LogP contribution in [-0.4, -0.2) is 36.8 Å². The minimum atomic E-state index is -0.475. The van der Waals surface area contributed by atoms with Crippen LogP contribution in [0, 0.1) is 6.92 Å². The largest absolute Gasteiger partial charge is 0.394 e. The van der Waals surface area contributed by atoms with Gasteiger partial charge in [-0.05, 0) is 31.5 Å². The third-order valence-electron chi connectivity index (χ3n) is 3.10. The average Bonchev–Trinajstić information content (AvgIpc) is 2.52. The molecule has 1 aliphatic rings. The van der Waals surface area contributed by atoms with E-state index < -0.39 is 6.04 Å². The Morgan fingerprint density at radius 3 is 2.94 bits per heavy atom. The lowest BCUT2D eigenvalue weighted by molar-refractivity contribution is -0.121. The van der Waals surface area contributed by atoms with E-state index in [0.717, 1.165) is 24.2 Å². The van der Waals surface area contributed by atoms with Crippen molar-refractivity contribution in [1.29, 1.82) is 0 Å². The van der Waals surface area contributed by atoms with E-state index in [2.05, 4.69) is 5.32 Å². The van der Waals surface area contributed by atoms with Crippen molar-refractivity contribution in [3.8, 4) is 0 Å². The summed E-state index contributed by atoms with van der Waals surface area (Å²) in [7, 11) is 0. The van der Waals surface area contributed by atoms with Gasteiger partial charge in [0, 0.05) is 12.2 Å². The maximum Gasteiger partial charge on any atom is 0.246 e. The molecular weight excluding hydrogens is 216 g/mol. The fraction of sp³-hybridized carbons (Fsp3) is 0.462. The number of nitrogens with one attached hydrogen (secondary N) is 1. The number of nitrogens with zero attached hydrogens (tertiary/aromatic N) is 1. The molecule has 1 unspecified atom stereocenters. The smallest absolute Gasteiger partial charge is 0.246 e. The zero-order chi connectivity index (χ0) is 12.3. The molecule has 92 valence electrons. The first-order chi connectivity index (χ1) is 8.24. The van der Waals surface area contributed by atoms with Crippen LogP contribution < -0.4 is 10.2 Å². The number of anilines is 1. The molecule has 4 nitrogen and oxygen atoms in total. The molecule has 1 heterocycles. The van der Waals surface area contributed by atoms with E-state index in [1.807, 2.05) is 31.2 Å². The van der Waals surface area contributed by atoms with E-state index in [1.54, 1.807) is 4.90 Å². The molecule has 4 heteroatoms. The summed E-state index contributed by atoms with van der Waals surface area (Å²) in [5.74, 6) is -0.0423. The second kappa shape index (κ2) is 5.29.